The van der Waals surface area contributed by atoms with E-state index in [1.165, 1.54) is 6.42 Å². The molecule has 0 amide bonds. The van der Waals surface area contributed by atoms with Crippen molar-refractivity contribution in [1.82, 2.24) is 5.16 Å². The van der Waals surface area contributed by atoms with Crippen molar-refractivity contribution < 1.29 is 14.4 Å². The van der Waals surface area contributed by atoms with Crippen molar-refractivity contribution in [1.29, 1.82) is 0 Å². The van der Waals surface area contributed by atoms with Gasteiger partial charge in [0.2, 0.25) is 0 Å². The first kappa shape index (κ1) is 13.2. The van der Waals surface area contributed by atoms with Crippen LogP contribution < -0.4 is 4.74 Å². The lowest BCUT2D eigenvalue weighted by atomic mass is 9.83. The largest absolute Gasteiger partial charge is 0.497 e. The van der Waals surface area contributed by atoms with E-state index in [-0.39, 0.29) is 0 Å². The lowest BCUT2D eigenvalue weighted by molar-refractivity contribution is -0.0241. The van der Waals surface area contributed by atoms with Crippen molar-refractivity contribution in [3.05, 3.63) is 36.1 Å². The molecule has 0 radical (unpaired) electrons. The van der Waals surface area contributed by atoms with E-state index in [0.29, 0.717) is 5.76 Å². The maximum atomic E-state index is 10.6. The molecule has 0 atom stereocenters. The van der Waals surface area contributed by atoms with Gasteiger partial charge >= 0.3 is 0 Å². The van der Waals surface area contributed by atoms with Crippen molar-refractivity contribution >= 4 is 0 Å². The van der Waals surface area contributed by atoms with E-state index < -0.39 is 5.60 Å². The van der Waals surface area contributed by atoms with Gasteiger partial charge in [0.05, 0.1) is 7.11 Å². The Kier molecular flexibility index (Phi) is 3.49. The SMILES string of the molecule is COc1ccc(-c2cc(C3(O)CCCCC3)on2)cc1. The molecule has 1 saturated carbocycles. The predicted octanol–water partition coefficient (Wildman–Crippen LogP) is 3.50. The minimum Gasteiger partial charge on any atom is -0.497 e. The molecule has 1 aliphatic rings. The molecule has 1 N–H and O–H groups in total. The maximum absolute atomic E-state index is 10.6. The van der Waals surface area contributed by atoms with Crippen LogP contribution >= 0.6 is 0 Å². The highest BCUT2D eigenvalue weighted by Gasteiger charge is 2.35. The summed E-state index contributed by atoms with van der Waals surface area (Å²) in [4.78, 5) is 0. The standard InChI is InChI=1S/C16H19NO3/c1-19-13-7-5-12(6-8-13)14-11-15(20-17-14)16(18)9-3-2-4-10-16/h5-8,11,18H,2-4,9-10H2,1H3. The molecule has 106 valence electrons. The lowest BCUT2D eigenvalue weighted by Crippen LogP contribution is -2.27. The number of hydrogen-bond donors (Lipinski definition) is 1. The topological polar surface area (TPSA) is 55.5 Å². The van der Waals surface area contributed by atoms with E-state index >= 15 is 0 Å². The second-order valence-corrected chi connectivity index (χ2v) is 5.40. The number of hydrogen-bond acceptors (Lipinski definition) is 4. The van der Waals surface area contributed by atoms with Gasteiger partial charge in [-0.1, -0.05) is 24.4 Å². The molecule has 1 aromatic carbocycles. The van der Waals surface area contributed by atoms with Crippen molar-refractivity contribution in [2.24, 2.45) is 0 Å². The van der Waals surface area contributed by atoms with E-state index in [4.69, 9.17) is 9.26 Å². The average Bonchev–Trinajstić information content (AvgIpc) is 2.99. The number of nitrogens with zero attached hydrogens (tertiary/aromatic N) is 1. The van der Waals surface area contributed by atoms with Crippen LogP contribution in [0.25, 0.3) is 11.3 Å². The Bertz CT molecular complexity index is 568. The van der Waals surface area contributed by atoms with Crippen LogP contribution in [0.4, 0.5) is 0 Å². The molecule has 20 heavy (non-hydrogen) atoms. The van der Waals surface area contributed by atoms with Crippen LogP contribution in [0, 0.1) is 0 Å². The van der Waals surface area contributed by atoms with Crippen LogP contribution in [0.3, 0.4) is 0 Å². The van der Waals surface area contributed by atoms with E-state index in [2.05, 4.69) is 5.16 Å². The van der Waals surface area contributed by atoms with Crippen LogP contribution in [0.2, 0.25) is 0 Å². The van der Waals surface area contributed by atoms with Gasteiger partial charge in [0.1, 0.15) is 17.0 Å². The third kappa shape index (κ3) is 2.43. The highest BCUT2D eigenvalue weighted by molar-refractivity contribution is 5.60. The number of methoxy groups -OCH3 is 1. The predicted molar refractivity (Wildman–Crippen MR) is 75.5 cm³/mol. The molecule has 1 aromatic heterocycles. The van der Waals surface area contributed by atoms with E-state index in [1.807, 2.05) is 30.3 Å². The smallest absolute Gasteiger partial charge is 0.168 e. The van der Waals surface area contributed by atoms with E-state index in [1.54, 1.807) is 7.11 Å². The maximum Gasteiger partial charge on any atom is 0.168 e. The van der Waals surface area contributed by atoms with Crippen molar-refractivity contribution in [3.8, 4) is 17.0 Å². The lowest BCUT2D eigenvalue weighted by Gasteiger charge is -2.29. The fourth-order valence-electron chi connectivity index (χ4n) is 2.78. The quantitative estimate of drug-likeness (QED) is 0.929. The zero-order valence-corrected chi connectivity index (χ0v) is 11.6. The Morgan fingerprint density at radius 3 is 2.50 bits per heavy atom. The van der Waals surface area contributed by atoms with Gasteiger partial charge in [-0.25, -0.2) is 0 Å². The van der Waals surface area contributed by atoms with Crippen LogP contribution in [0.1, 0.15) is 37.9 Å². The molecule has 1 heterocycles. The third-order valence-corrected chi connectivity index (χ3v) is 4.04. The van der Waals surface area contributed by atoms with Gasteiger partial charge < -0.3 is 14.4 Å². The number of aliphatic hydroxyl groups is 1. The fraction of sp³-hybridized carbons (Fsp3) is 0.438. The number of rotatable bonds is 3. The summed E-state index contributed by atoms with van der Waals surface area (Å²) in [6.45, 7) is 0. The highest BCUT2D eigenvalue weighted by Crippen LogP contribution is 2.38. The number of aromatic nitrogens is 1. The zero-order chi connectivity index (χ0) is 14.0. The fourth-order valence-corrected chi connectivity index (χ4v) is 2.78. The monoisotopic (exact) mass is 273 g/mol. The van der Waals surface area contributed by atoms with Gasteiger partial charge in [-0.3, -0.25) is 0 Å². The first-order valence-corrected chi connectivity index (χ1v) is 7.05. The summed E-state index contributed by atoms with van der Waals surface area (Å²) >= 11 is 0. The molecular formula is C16H19NO3. The summed E-state index contributed by atoms with van der Waals surface area (Å²) in [7, 11) is 1.64. The molecule has 0 spiro atoms. The zero-order valence-electron chi connectivity index (χ0n) is 11.6. The summed E-state index contributed by atoms with van der Waals surface area (Å²) in [6, 6.07) is 9.50. The van der Waals surface area contributed by atoms with Crippen molar-refractivity contribution in [2.45, 2.75) is 37.7 Å². The molecule has 0 unspecified atom stereocenters. The molecule has 4 nitrogen and oxygen atoms in total. The second-order valence-electron chi connectivity index (χ2n) is 5.40. The molecule has 0 aliphatic heterocycles. The molecule has 1 aliphatic carbocycles. The van der Waals surface area contributed by atoms with Gasteiger partial charge in [-0.2, -0.15) is 0 Å². The molecule has 4 heteroatoms. The molecular weight excluding hydrogens is 254 g/mol. The highest BCUT2D eigenvalue weighted by atomic mass is 16.5. The van der Waals surface area contributed by atoms with Crippen molar-refractivity contribution in [3.63, 3.8) is 0 Å². The van der Waals surface area contributed by atoms with Crippen LogP contribution in [0.15, 0.2) is 34.9 Å². The average molecular weight is 273 g/mol. The molecule has 1 fully saturated rings. The van der Waals surface area contributed by atoms with Crippen LogP contribution in [0.5, 0.6) is 5.75 Å². The Balaban J connectivity index is 1.85. The molecule has 0 bridgehead atoms. The Hall–Kier alpha value is -1.81. The van der Waals surface area contributed by atoms with E-state index in [9.17, 15) is 5.11 Å². The number of ether oxygens (including phenoxy) is 1. The van der Waals surface area contributed by atoms with E-state index in [0.717, 1.165) is 42.7 Å². The van der Waals surface area contributed by atoms with Gasteiger partial charge in [0.25, 0.3) is 0 Å². The van der Waals surface area contributed by atoms with Crippen LogP contribution in [-0.2, 0) is 5.60 Å². The first-order valence-electron chi connectivity index (χ1n) is 7.05. The summed E-state index contributed by atoms with van der Waals surface area (Å²) < 4.78 is 10.5. The summed E-state index contributed by atoms with van der Waals surface area (Å²) in [5.41, 5.74) is 0.873. The minimum atomic E-state index is -0.837. The van der Waals surface area contributed by atoms with Crippen molar-refractivity contribution in [2.75, 3.05) is 7.11 Å². The second kappa shape index (κ2) is 5.29. The minimum absolute atomic E-state index is 0.586. The normalized spacial score (nSPS) is 17.9. The third-order valence-electron chi connectivity index (χ3n) is 4.04. The summed E-state index contributed by atoms with van der Waals surface area (Å²) in [5.74, 6) is 1.39. The van der Waals surface area contributed by atoms with Crippen LogP contribution in [-0.4, -0.2) is 17.4 Å². The number of benzene rings is 1. The Morgan fingerprint density at radius 2 is 1.85 bits per heavy atom. The van der Waals surface area contributed by atoms with Gasteiger partial charge in [0.15, 0.2) is 5.76 Å². The first-order chi connectivity index (χ1) is 9.71. The van der Waals surface area contributed by atoms with Gasteiger partial charge in [0, 0.05) is 11.6 Å². The molecule has 0 saturated heterocycles. The summed E-state index contributed by atoms with van der Waals surface area (Å²) in [5, 5.41) is 14.7. The molecule has 3 rings (SSSR count). The Labute approximate surface area is 118 Å². The van der Waals surface area contributed by atoms with Gasteiger partial charge in [-0.15, -0.1) is 0 Å². The summed E-state index contributed by atoms with van der Waals surface area (Å²) in [6.07, 6.45) is 4.76. The Morgan fingerprint density at radius 1 is 1.15 bits per heavy atom. The molecule has 2 aromatic rings. The van der Waals surface area contributed by atoms with Gasteiger partial charge in [-0.05, 0) is 37.1 Å².